The van der Waals surface area contributed by atoms with Crippen LogP contribution in [0.1, 0.15) is 89.5 Å². The Bertz CT molecular complexity index is 2600. The number of hydrogen-bond donors (Lipinski definition) is 0. The summed E-state index contributed by atoms with van der Waals surface area (Å²) in [4.78, 5) is 22.6. The zero-order valence-electron chi connectivity index (χ0n) is 35.6. The minimum Gasteiger partial charge on any atom is -0.503 e. The fraction of sp³-hybridized carbons (Fsp3) is 0.275. The second-order valence-corrected chi connectivity index (χ2v) is 16.6. The topological polar surface area (TPSA) is 87.8 Å². The van der Waals surface area contributed by atoms with Crippen LogP contribution >= 0.6 is 0 Å². The third-order valence-corrected chi connectivity index (χ3v) is 10.2. The van der Waals surface area contributed by atoms with E-state index in [2.05, 4.69) is 131 Å². The van der Waals surface area contributed by atoms with E-state index in [0.717, 1.165) is 68.3 Å². The maximum absolute atomic E-state index is 6.58. The van der Waals surface area contributed by atoms with Gasteiger partial charge in [-0.05, 0) is 60.0 Å². The molecular formula is C51H48N6O2Pd2. The largest absolute Gasteiger partial charge is 2.00 e. The minimum atomic E-state index is 0. The molecule has 0 saturated heterocycles. The molecule has 8 aromatic rings. The Morgan fingerprint density at radius 1 is 0.508 bits per heavy atom. The minimum absolute atomic E-state index is 0. The van der Waals surface area contributed by atoms with Crippen LogP contribution in [-0.2, 0) is 53.7 Å². The van der Waals surface area contributed by atoms with Gasteiger partial charge in [-0.1, -0.05) is 114 Å². The van der Waals surface area contributed by atoms with Gasteiger partial charge in [-0.2, -0.15) is 22.9 Å². The molecule has 8 rings (SSSR count). The van der Waals surface area contributed by atoms with Crippen LogP contribution in [0.15, 0.2) is 97.8 Å². The van der Waals surface area contributed by atoms with Gasteiger partial charge in [-0.25, -0.2) is 15.0 Å². The summed E-state index contributed by atoms with van der Waals surface area (Å²) in [6.45, 7) is 17.6. The summed E-state index contributed by atoms with van der Waals surface area (Å²) < 4.78 is 15.1. The summed E-state index contributed by atoms with van der Waals surface area (Å²) in [6.07, 6.45) is 8.68. The summed E-state index contributed by atoms with van der Waals surface area (Å²) in [7, 11) is 0. The summed E-state index contributed by atoms with van der Waals surface area (Å²) in [6, 6.07) is 38.8. The quantitative estimate of drug-likeness (QED) is 0.0840. The van der Waals surface area contributed by atoms with Gasteiger partial charge >= 0.3 is 40.8 Å². The number of aromatic nitrogens is 6. The standard InChI is InChI=1S/C51H48N6O2.2Pd/c1-31(2)17-35-13-15-53-47(19-35)39-21-37(33(5)6)23-43(25-39)58-41-9-11-45-46-12-10-42(28-50(46)57(49(45)27-41)51-55-29-52-30-56-51)59-44-24-38(34(7)8)22-40(26-44)48-20-36(14-16-54-48)18-32(3)4;;/h9-16,19-24,29-34H,17-18H2,1-8H3;;/q-4;2*+2. The maximum Gasteiger partial charge on any atom is 2.00 e. The van der Waals surface area contributed by atoms with Crippen LogP contribution in [0.25, 0.3) is 50.3 Å². The number of hydrogen-bond acceptors (Lipinski definition) is 7. The molecular weight excluding hydrogens is 941 g/mol. The predicted molar refractivity (Wildman–Crippen MR) is 234 cm³/mol. The first-order valence-corrected chi connectivity index (χ1v) is 20.4. The molecule has 0 saturated carbocycles. The van der Waals surface area contributed by atoms with Gasteiger partial charge in [0.1, 0.15) is 12.7 Å². The van der Waals surface area contributed by atoms with E-state index < -0.39 is 0 Å². The Balaban J connectivity index is 0.00000311. The van der Waals surface area contributed by atoms with Crippen LogP contribution in [0.4, 0.5) is 0 Å². The number of nitrogens with zero attached hydrogens (tertiary/aromatic N) is 6. The van der Waals surface area contributed by atoms with Crippen LogP contribution in [0.5, 0.6) is 23.0 Å². The molecule has 0 spiro atoms. The van der Waals surface area contributed by atoms with Gasteiger partial charge in [-0.3, -0.25) is 0 Å². The number of pyridine rings is 2. The molecule has 0 amide bonds. The fourth-order valence-electron chi connectivity index (χ4n) is 7.35. The van der Waals surface area contributed by atoms with Crippen molar-refractivity contribution in [2.24, 2.45) is 11.8 Å². The summed E-state index contributed by atoms with van der Waals surface area (Å²) in [5.74, 6) is 4.26. The van der Waals surface area contributed by atoms with Gasteiger partial charge in [-0.15, -0.1) is 58.7 Å². The number of rotatable bonds is 13. The van der Waals surface area contributed by atoms with Crippen LogP contribution in [-0.4, -0.2) is 29.5 Å². The molecule has 0 bridgehead atoms. The van der Waals surface area contributed by atoms with Crippen molar-refractivity contribution in [2.75, 3.05) is 0 Å². The molecule has 0 atom stereocenters. The van der Waals surface area contributed by atoms with E-state index in [1.165, 1.54) is 23.8 Å². The first kappa shape index (κ1) is 45.4. The SMILES string of the molecule is CC(C)Cc1ccnc(-c2[c-]c(Oc3[c-]c4c(cc3)c3ccc(Oc5[c-]c(-c6cc(CC(C)C)ccn6)cc(C(C)C)c5)[c-]c3n4-c3ncncn3)cc(C(C)C)c2)c1.[Pd+2].[Pd+2]. The second kappa shape index (κ2) is 19.7. The zero-order valence-corrected chi connectivity index (χ0v) is 38.7. The van der Waals surface area contributed by atoms with Gasteiger partial charge in [0.2, 0.25) is 5.95 Å². The van der Waals surface area contributed by atoms with Crippen molar-refractivity contribution >= 4 is 21.8 Å². The first-order valence-electron chi connectivity index (χ1n) is 20.4. The molecule has 10 heteroatoms. The molecule has 0 aliphatic carbocycles. The predicted octanol–water partition coefficient (Wildman–Crippen LogP) is 12.5. The number of fused-ring (bicyclic) bond motifs is 3. The Kier molecular flexibility index (Phi) is 14.7. The van der Waals surface area contributed by atoms with Crippen molar-refractivity contribution in [3.8, 4) is 51.5 Å². The van der Waals surface area contributed by atoms with E-state index in [9.17, 15) is 0 Å². The molecule has 61 heavy (non-hydrogen) atoms. The number of ether oxygens (including phenoxy) is 2. The summed E-state index contributed by atoms with van der Waals surface area (Å²) >= 11 is 0. The summed E-state index contributed by atoms with van der Waals surface area (Å²) in [5, 5.41) is 1.87. The Morgan fingerprint density at radius 2 is 0.951 bits per heavy atom. The molecule has 0 N–H and O–H groups in total. The van der Waals surface area contributed by atoms with E-state index in [1.807, 2.05) is 53.4 Å². The maximum atomic E-state index is 6.58. The number of benzene rings is 4. The molecule has 0 unspecified atom stereocenters. The van der Waals surface area contributed by atoms with Gasteiger partial charge in [0.15, 0.2) is 0 Å². The van der Waals surface area contributed by atoms with Crippen molar-refractivity contribution in [3.05, 3.63) is 144 Å². The molecule has 0 aliphatic heterocycles. The van der Waals surface area contributed by atoms with Crippen molar-refractivity contribution < 1.29 is 50.3 Å². The van der Waals surface area contributed by atoms with Crippen molar-refractivity contribution in [1.29, 1.82) is 0 Å². The first-order chi connectivity index (χ1) is 28.5. The Morgan fingerprint density at radius 3 is 1.36 bits per heavy atom. The van der Waals surface area contributed by atoms with Crippen LogP contribution in [0, 0.1) is 36.1 Å². The molecule has 8 nitrogen and oxygen atoms in total. The van der Waals surface area contributed by atoms with E-state index in [0.29, 0.717) is 40.8 Å². The molecule has 0 aliphatic rings. The van der Waals surface area contributed by atoms with Gasteiger partial charge in [0.25, 0.3) is 0 Å². The van der Waals surface area contributed by atoms with Crippen molar-refractivity contribution in [3.63, 3.8) is 0 Å². The Hall–Kier alpha value is -5.09. The zero-order chi connectivity index (χ0) is 41.2. The van der Waals surface area contributed by atoms with E-state index in [-0.39, 0.29) is 52.7 Å². The van der Waals surface area contributed by atoms with Crippen molar-refractivity contribution in [2.45, 2.75) is 80.1 Å². The third-order valence-electron chi connectivity index (χ3n) is 10.2. The van der Waals surface area contributed by atoms with Crippen LogP contribution in [0.2, 0.25) is 0 Å². The Labute approximate surface area is 386 Å². The van der Waals surface area contributed by atoms with E-state index >= 15 is 0 Å². The van der Waals surface area contributed by atoms with E-state index in [4.69, 9.17) is 19.4 Å². The monoisotopic (exact) mass is 988 g/mol. The van der Waals surface area contributed by atoms with E-state index in [1.54, 1.807) is 0 Å². The smallest absolute Gasteiger partial charge is 0.503 e. The molecule has 0 fully saturated rings. The summed E-state index contributed by atoms with van der Waals surface area (Å²) in [5.41, 5.74) is 9.73. The van der Waals surface area contributed by atoms with Crippen molar-refractivity contribution in [1.82, 2.24) is 29.5 Å². The van der Waals surface area contributed by atoms with Gasteiger partial charge < -0.3 is 24.0 Å². The third kappa shape index (κ3) is 10.5. The van der Waals surface area contributed by atoms with Crippen LogP contribution < -0.4 is 9.47 Å². The van der Waals surface area contributed by atoms with Crippen LogP contribution in [0.3, 0.4) is 0 Å². The molecule has 4 heterocycles. The molecule has 314 valence electrons. The molecule has 4 aromatic carbocycles. The normalized spacial score (nSPS) is 11.4. The fourth-order valence-corrected chi connectivity index (χ4v) is 7.35. The van der Waals surface area contributed by atoms with Gasteiger partial charge in [0, 0.05) is 35.4 Å². The second-order valence-electron chi connectivity index (χ2n) is 16.6. The average molecular weight is 990 g/mol. The molecule has 4 aromatic heterocycles. The molecule has 0 radical (unpaired) electrons. The van der Waals surface area contributed by atoms with Gasteiger partial charge in [0.05, 0.1) is 0 Å². The average Bonchev–Trinajstić information content (AvgIpc) is 3.53.